The molecule has 5 nitrogen and oxygen atoms in total. The van der Waals surface area contributed by atoms with Crippen LogP contribution in [0.2, 0.25) is 0 Å². The van der Waals surface area contributed by atoms with Gasteiger partial charge in [0, 0.05) is 25.2 Å². The van der Waals surface area contributed by atoms with Crippen LogP contribution in [0.4, 0.5) is 4.39 Å². The van der Waals surface area contributed by atoms with Crippen molar-refractivity contribution in [1.29, 1.82) is 0 Å². The molecule has 0 saturated heterocycles. The molecule has 2 aromatic carbocycles. The number of aromatic nitrogens is 3. The minimum atomic E-state index is -0.295. The van der Waals surface area contributed by atoms with E-state index < -0.39 is 0 Å². The molecular weight excluding hydrogens is 375 g/mol. The van der Waals surface area contributed by atoms with Crippen LogP contribution in [0.5, 0.6) is 0 Å². The fraction of sp³-hybridized carbons (Fsp3) is 0.286. The highest BCUT2D eigenvalue weighted by atomic mass is 32.2. The Morgan fingerprint density at radius 1 is 1.18 bits per heavy atom. The van der Waals surface area contributed by atoms with Crippen molar-refractivity contribution in [3.05, 3.63) is 71.8 Å². The molecule has 0 radical (unpaired) electrons. The van der Waals surface area contributed by atoms with Gasteiger partial charge in [0.1, 0.15) is 11.6 Å². The second kappa shape index (κ2) is 8.14. The van der Waals surface area contributed by atoms with Crippen molar-refractivity contribution in [2.45, 2.75) is 30.5 Å². The van der Waals surface area contributed by atoms with Crippen molar-refractivity contribution in [3.8, 4) is 5.69 Å². The van der Waals surface area contributed by atoms with Crippen LogP contribution in [-0.2, 0) is 11.3 Å². The Morgan fingerprint density at radius 3 is 2.68 bits per heavy atom. The summed E-state index contributed by atoms with van der Waals surface area (Å²) in [5.41, 5.74) is 1.78. The molecular formula is C21H21FN4OS. The lowest BCUT2D eigenvalue weighted by Crippen LogP contribution is -2.28. The van der Waals surface area contributed by atoms with Crippen LogP contribution >= 0.6 is 11.8 Å². The molecule has 1 amide bonds. The third-order valence-corrected chi connectivity index (χ3v) is 5.59. The van der Waals surface area contributed by atoms with E-state index in [1.165, 1.54) is 23.9 Å². The summed E-state index contributed by atoms with van der Waals surface area (Å²) in [6.45, 7) is 0.371. The molecule has 3 aromatic rings. The zero-order valence-electron chi connectivity index (χ0n) is 15.6. The predicted molar refractivity (Wildman–Crippen MR) is 107 cm³/mol. The molecule has 0 bridgehead atoms. The normalized spacial score (nSPS) is 13.5. The monoisotopic (exact) mass is 396 g/mol. The van der Waals surface area contributed by atoms with Crippen molar-refractivity contribution in [1.82, 2.24) is 19.7 Å². The zero-order valence-corrected chi connectivity index (χ0v) is 16.4. The second-order valence-corrected chi connectivity index (χ2v) is 7.90. The molecule has 28 heavy (non-hydrogen) atoms. The third kappa shape index (κ3) is 4.25. The molecule has 144 valence electrons. The van der Waals surface area contributed by atoms with E-state index in [-0.39, 0.29) is 17.5 Å². The van der Waals surface area contributed by atoms with Gasteiger partial charge >= 0.3 is 0 Å². The zero-order chi connectivity index (χ0) is 19.5. The van der Waals surface area contributed by atoms with Crippen LogP contribution in [-0.4, -0.2) is 38.4 Å². The molecule has 1 aromatic heterocycles. The summed E-state index contributed by atoms with van der Waals surface area (Å²) >= 11 is 1.38. The van der Waals surface area contributed by atoms with E-state index >= 15 is 0 Å². The molecule has 0 spiro atoms. The lowest BCUT2D eigenvalue weighted by atomic mass is 10.2. The van der Waals surface area contributed by atoms with Gasteiger partial charge in [-0.25, -0.2) is 4.39 Å². The van der Waals surface area contributed by atoms with Crippen molar-refractivity contribution in [2.24, 2.45) is 0 Å². The van der Waals surface area contributed by atoms with Gasteiger partial charge in [-0.2, -0.15) is 0 Å². The van der Waals surface area contributed by atoms with Crippen LogP contribution in [0.25, 0.3) is 5.69 Å². The maximum absolute atomic E-state index is 13.3. The highest BCUT2D eigenvalue weighted by Gasteiger charge is 2.31. The highest BCUT2D eigenvalue weighted by Crippen LogP contribution is 2.41. The maximum Gasteiger partial charge on any atom is 0.233 e. The van der Waals surface area contributed by atoms with Gasteiger partial charge in [-0.05, 0) is 42.7 Å². The van der Waals surface area contributed by atoms with E-state index in [1.807, 2.05) is 36.4 Å². The number of para-hydroxylation sites is 1. The summed E-state index contributed by atoms with van der Waals surface area (Å²) in [5.74, 6) is 1.34. The molecule has 7 heteroatoms. The minimum absolute atomic E-state index is 0.0372. The van der Waals surface area contributed by atoms with Gasteiger partial charge < -0.3 is 4.90 Å². The quantitative estimate of drug-likeness (QED) is 0.566. The Kier molecular flexibility index (Phi) is 5.43. The molecule has 1 heterocycles. The van der Waals surface area contributed by atoms with Gasteiger partial charge in [0.25, 0.3) is 0 Å². The topological polar surface area (TPSA) is 51.0 Å². The van der Waals surface area contributed by atoms with Crippen molar-refractivity contribution in [2.75, 3.05) is 12.8 Å². The number of halogens is 1. The Balaban J connectivity index is 1.45. The first-order valence-corrected chi connectivity index (χ1v) is 10.2. The van der Waals surface area contributed by atoms with Gasteiger partial charge in [-0.3, -0.25) is 9.36 Å². The van der Waals surface area contributed by atoms with E-state index in [0.717, 1.165) is 35.1 Å². The van der Waals surface area contributed by atoms with Gasteiger partial charge in [-0.1, -0.05) is 42.1 Å². The molecule has 1 aliphatic rings. The lowest BCUT2D eigenvalue weighted by molar-refractivity contribution is -0.127. The minimum Gasteiger partial charge on any atom is -0.341 e. The number of thioether (sulfide) groups is 1. The van der Waals surface area contributed by atoms with E-state index in [4.69, 9.17) is 0 Å². The number of nitrogens with zero attached hydrogens (tertiary/aromatic N) is 4. The Hall–Kier alpha value is -2.67. The average molecular weight is 396 g/mol. The Bertz CT molecular complexity index is 972. The standard InChI is InChI=1S/C21H21FN4OS/c1-25(13-15-6-5-7-17(22)12-15)19(27)14-28-21-24-23-20(16-10-11-16)26(21)18-8-3-2-4-9-18/h2-9,12,16H,10-11,13-14H2,1H3. The van der Waals surface area contributed by atoms with Crippen LogP contribution < -0.4 is 0 Å². The smallest absolute Gasteiger partial charge is 0.233 e. The van der Waals surface area contributed by atoms with Crippen LogP contribution in [0.3, 0.4) is 0 Å². The molecule has 1 saturated carbocycles. The summed E-state index contributed by atoms with van der Waals surface area (Å²) < 4.78 is 15.4. The van der Waals surface area contributed by atoms with Crippen LogP contribution in [0.15, 0.2) is 59.8 Å². The molecule has 0 N–H and O–H groups in total. The fourth-order valence-electron chi connectivity index (χ4n) is 3.03. The fourth-order valence-corrected chi connectivity index (χ4v) is 3.93. The Morgan fingerprint density at radius 2 is 1.96 bits per heavy atom. The van der Waals surface area contributed by atoms with Crippen LogP contribution in [0, 0.1) is 5.82 Å². The summed E-state index contributed by atoms with van der Waals surface area (Å²) in [7, 11) is 1.73. The number of rotatable bonds is 7. The van der Waals surface area contributed by atoms with Gasteiger partial charge in [0.2, 0.25) is 5.91 Å². The summed E-state index contributed by atoms with van der Waals surface area (Å²) in [5, 5.41) is 9.44. The van der Waals surface area contributed by atoms with E-state index in [9.17, 15) is 9.18 Å². The number of amides is 1. The van der Waals surface area contributed by atoms with E-state index in [1.54, 1.807) is 18.0 Å². The molecule has 0 unspecified atom stereocenters. The van der Waals surface area contributed by atoms with Crippen molar-refractivity contribution >= 4 is 17.7 Å². The summed E-state index contributed by atoms with van der Waals surface area (Å²) in [4.78, 5) is 14.2. The first kappa shape index (κ1) is 18.7. The first-order chi connectivity index (χ1) is 13.6. The molecule has 1 aliphatic carbocycles. The second-order valence-electron chi connectivity index (χ2n) is 6.95. The van der Waals surface area contributed by atoms with Gasteiger partial charge in [0.15, 0.2) is 5.16 Å². The number of hydrogen-bond donors (Lipinski definition) is 0. The SMILES string of the molecule is CN(Cc1cccc(F)c1)C(=O)CSc1nnc(C2CC2)n1-c1ccccc1. The molecule has 4 rings (SSSR count). The number of hydrogen-bond acceptors (Lipinski definition) is 4. The summed E-state index contributed by atoms with van der Waals surface area (Å²) in [6.07, 6.45) is 2.26. The van der Waals surface area contributed by atoms with Gasteiger partial charge in [-0.15, -0.1) is 10.2 Å². The third-order valence-electron chi connectivity index (χ3n) is 4.67. The number of carbonyl (C=O) groups excluding carboxylic acids is 1. The first-order valence-electron chi connectivity index (χ1n) is 9.24. The summed E-state index contributed by atoms with van der Waals surface area (Å²) in [6, 6.07) is 16.3. The number of benzene rings is 2. The molecule has 1 fully saturated rings. The van der Waals surface area contributed by atoms with Crippen molar-refractivity contribution in [3.63, 3.8) is 0 Å². The number of carbonyl (C=O) groups is 1. The Labute approximate surface area is 167 Å². The van der Waals surface area contributed by atoms with Crippen LogP contribution in [0.1, 0.15) is 30.1 Å². The predicted octanol–water partition coefficient (Wildman–Crippen LogP) is 4.03. The average Bonchev–Trinajstić information content (AvgIpc) is 3.46. The molecule has 0 aliphatic heterocycles. The maximum atomic E-state index is 13.3. The van der Waals surface area contributed by atoms with Gasteiger partial charge in [0.05, 0.1) is 5.75 Å². The lowest BCUT2D eigenvalue weighted by Gasteiger charge is -2.17. The highest BCUT2D eigenvalue weighted by molar-refractivity contribution is 7.99. The molecule has 0 atom stereocenters. The van der Waals surface area contributed by atoms with Crippen molar-refractivity contribution < 1.29 is 9.18 Å². The largest absolute Gasteiger partial charge is 0.341 e. The van der Waals surface area contributed by atoms with E-state index in [0.29, 0.717) is 12.5 Å². The van der Waals surface area contributed by atoms with E-state index in [2.05, 4.69) is 14.8 Å².